The highest BCUT2D eigenvalue weighted by molar-refractivity contribution is 5.95. The first-order valence-corrected chi connectivity index (χ1v) is 10.7. The van der Waals surface area contributed by atoms with Gasteiger partial charge < -0.3 is 25.4 Å². The molecule has 1 aromatic carbocycles. The Morgan fingerprint density at radius 2 is 1.80 bits per heavy atom. The second kappa shape index (κ2) is 9.93. The number of hydrogen-bond donors (Lipinski definition) is 3. The lowest BCUT2D eigenvalue weighted by molar-refractivity contribution is -0.140. The quantitative estimate of drug-likeness (QED) is 0.657. The van der Waals surface area contributed by atoms with E-state index >= 15 is 0 Å². The number of benzene rings is 1. The Balaban J connectivity index is 1.56. The molecule has 1 aliphatic heterocycles. The van der Waals surface area contributed by atoms with E-state index in [-0.39, 0.29) is 24.0 Å². The molecule has 0 unspecified atom stereocenters. The molecule has 0 aromatic heterocycles. The summed E-state index contributed by atoms with van der Waals surface area (Å²) in [7, 11) is 0. The van der Waals surface area contributed by atoms with Gasteiger partial charge in [-0.1, -0.05) is 25.1 Å². The van der Waals surface area contributed by atoms with Gasteiger partial charge in [-0.3, -0.25) is 4.79 Å². The number of anilines is 1. The van der Waals surface area contributed by atoms with E-state index in [0.29, 0.717) is 12.5 Å². The Morgan fingerprint density at radius 3 is 2.47 bits per heavy atom. The molecule has 1 fully saturated rings. The molecule has 0 bridgehead atoms. The zero-order chi connectivity index (χ0) is 21.7. The van der Waals surface area contributed by atoms with Crippen molar-refractivity contribution in [2.24, 2.45) is 0 Å². The predicted molar refractivity (Wildman–Crippen MR) is 112 cm³/mol. The number of nitrogens with one attached hydrogen (secondary N) is 2. The first-order valence-electron chi connectivity index (χ1n) is 10.7. The fraction of sp³-hybridized carbons (Fsp3) is 0.591. The third-order valence-corrected chi connectivity index (χ3v) is 5.97. The molecule has 0 saturated heterocycles. The highest BCUT2D eigenvalue weighted by Crippen LogP contribution is 2.38. The molecule has 3 N–H and O–H groups in total. The van der Waals surface area contributed by atoms with Crippen LogP contribution in [-0.2, 0) is 14.3 Å². The van der Waals surface area contributed by atoms with Crippen LogP contribution in [-0.4, -0.2) is 47.8 Å². The van der Waals surface area contributed by atoms with Crippen molar-refractivity contribution in [3.05, 3.63) is 29.8 Å². The fourth-order valence-electron chi connectivity index (χ4n) is 4.55. The van der Waals surface area contributed by atoms with Gasteiger partial charge in [0, 0.05) is 36.3 Å². The van der Waals surface area contributed by atoms with Crippen molar-refractivity contribution in [1.29, 1.82) is 0 Å². The summed E-state index contributed by atoms with van der Waals surface area (Å²) in [6, 6.07) is 8.76. The van der Waals surface area contributed by atoms with Crippen molar-refractivity contribution in [2.45, 2.75) is 76.5 Å². The van der Waals surface area contributed by atoms with Crippen molar-refractivity contribution in [1.82, 2.24) is 10.6 Å². The molecule has 1 aliphatic carbocycles. The number of carboxylic acids is 1. The lowest BCUT2D eigenvalue weighted by Crippen LogP contribution is -2.48. The van der Waals surface area contributed by atoms with E-state index in [4.69, 9.17) is 5.11 Å². The summed E-state index contributed by atoms with van der Waals surface area (Å²) in [6.07, 6.45) is 4.12. The van der Waals surface area contributed by atoms with E-state index in [0.717, 1.165) is 43.4 Å². The van der Waals surface area contributed by atoms with E-state index in [1.54, 1.807) is 0 Å². The number of rotatable bonds is 6. The normalized spacial score (nSPS) is 25.9. The van der Waals surface area contributed by atoms with Crippen molar-refractivity contribution < 1.29 is 24.2 Å². The number of aliphatic carboxylic acids is 1. The number of fused-ring (bicyclic) bond motifs is 1. The van der Waals surface area contributed by atoms with Crippen LogP contribution >= 0.6 is 0 Å². The summed E-state index contributed by atoms with van der Waals surface area (Å²) in [5.41, 5.74) is 2.16. The van der Waals surface area contributed by atoms with E-state index < -0.39 is 18.7 Å². The number of alkyl carbamates (subject to hydrolysis) is 1. The standard InChI is InChI=1S/C22H31N3O5/c1-3-20(26)25-14(2)12-18(17-6-4-5-7-19(17)25)23-15-8-10-16(11-9-15)24-22(29)30-13-21(27)28/h4-7,14-16,18,23H,3,8-13H2,1-2H3,(H,24,29)(H,27,28)/t14-,15?,16?,18+/m0/s1. The van der Waals surface area contributed by atoms with Gasteiger partial charge in [0.25, 0.3) is 0 Å². The summed E-state index contributed by atoms with van der Waals surface area (Å²) in [5, 5.41) is 15.1. The molecule has 0 radical (unpaired) electrons. The molecule has 1 saturated carbocycles. The molecule has 8 heteroatoms. The highest BCUT2D eigenvalue weighted by Gasteiger charge is 2.34. The number of ether oxygens (including phenoxy) is 1. The minimum Gasteiger partial charge on any atom is -0.479 e. The SMILES string of the molecule is CCC(=O)N1c2ccccc2[C@H](NC2CCC(NC(=O)OCC(=O)O)CC2)C[C@@H]1C. The summed E-state index contributed by atoms with van der Waals surface area (Å²) in [4.78, 5) is 36.5. The van der Waals surface area contributed by atoms with Crippen LogP contribution in [0.1, 0.15) is 64.0 Å². The summed E-state index contributed by atoms with van der Waals surface area (Å²) < 4.78 is 4.65. The number of hydrogen-bond acceptors (Lipinski definition) is 5. The predicted octanol–water partition coefficient (Wildman–Crippen LogP) is 2.97. The molecule has 164 valence electrons. The molecule has 1 heterocycles. The second-order valence-corrected chi connectivity index (χ2v) is 8.14. The van der Waals surface area contributed by atoms with E-state index in [9.17, 15) is 14.4 Å². The second-order valence-electron chi connectivity index (χ2n) is 8.14. The molecule has 8 nitrogen and oxygen atoms in total. The van der Waals surface area contributed by atoms with Gasteiger partial charge in [-0.25, -0.2) is 9.59 Å². The van der Waals surface area contributed by atoms with Crippen LogP contribution < -0.4 is 15.5 Å². The summed E-state index contributed by atoms with van der Waals surface area (Å²) in [6.45, 7) is 3.37. The lowest BCUT2D eigenvalue weighted by atomic mass is 9.87. The van der Waals surface area contributed by atoms with Gasteiger partial charge in [0.05, 0.1) is 0 Å². The van der Waals surface area contributed by atoms with Crippen LogP contribution in [0.5, 0.6) is 0 Å². The van der Waals surface area contributed by atoms with Crippen LogP contribution in [0.3, 0.4) is 0 Å². The maximum absolute atomic E-state index is 12.5. The van der Waals surface area contributed by atoms with Crippen molar-refractivity contribution in [3.63, 3.8) is 0 Å². The Bertz CT molecular complexity index is 776. The molecular weight excluding hydrogens is 386 g/mol. The highest BCUT2D eigenvalue weighted by atomic mass is 16.6. The first-order chi connectivity index (χ1) is 14.4. The van der Waals surface area contributed by atoms with Crippen LogP contribution in [0.4, 0.5) is 10.5 Å². The van der Waals surface area contributed by atoms with Gasteiger partial charge in [-0.05, 0) is 50.7 Å². The van der Waals surface area contributed by atoms with Crippen LogP contribution in [0.2, 0.25) is 0 Å². The third kappa shape index (κ3) is 5.30. The van der Waals surface area contributed by atoms with Gasteiger partial charge in [-0.15, -0.1) is 0 Å². The Hall–Kier alpha value is -2.61. The van der Waals surface area contributed by atoms with Gasteiger partial charge in [0.15, 0.2) is 6.61 Å². The van der Waals surface area contributed by atoms with Gasteiger partial charge in [0.1, 0.15) is 0 Å². The smallest absolute Gasteiger partial charge is 0.407 e. The van der Waals surface area contributed by atoms with Crippen molar-refractivity contribution in [3.8, 4) is 0 Å². The molecule has 2 amide bonds. The van der Waals surface area contributed by atoms with Gasteiger partial charge in [0.2, 0.25) is 5.91 Å². The van der Waals surface area contributed by atoms with E-state index in [1.165, 1.54) is 0 Å². The zero-order valence-electron chi connectivity index (χ0n) is 17.6. The molecular formula is C22H31N3O5. The number of carbonyl (C=O) groups excluding carboxylic acids is 2. The minimum atomic E-state index is -1.17. The average Bonchev–Trinajstić information content (AvgIpc) is 2.73. The van der Waals surface area contributed by atoms with Crippen LogP contribution in [0.15, 0.2) is 24.3 Å². The number of para-hydroxylation sites is 1. The summed E-state index contributed by atoms with van der Waals surface area (Å²) in [5.74, 6) is -1.02. The lowest BCUT2D eigenvalue weighted by Gasteiger charge is -2.41. The summed E-state index contributed by atoms with van der Waals surface area (Å²) >= 11 is 0. The van der Waals surface area contributed by atoms with E-state index in [1.807, 2.05) is 30.0 Å². The van der Waals surface area contributed by atoms with Crippen LogP contribution in [0, 0.1) is 0 Å². The minimum absolute atomic E-state index is 0.000391. The molecule has 3 rings (SSSR count). The number of carboxylic acid groups (broad SMARTS) is 1. The van der Waals surface area contributed by atoms with Crippen molar-refractivity contribution in [2.75, 3.05) is 11.5 Å². The zero-order valence-corrected chi connectivity index (χ0v) is 17.6. The average molecular weight is 418 g/mol. The first kappa shape index (κ1) is 22.1. The Morgan fingerprint density at radius 1 is 1.13 bits per heavy atom. The maximum atomic E-state index is 12.5. The molecule has 30 heavy (non-hydrogen) atoms. The molecule has 2 atom stereocenters. The largest absolute Gasteiger partial charge is 0.479 e. The molecule has 2 aliphatic rings. The number of nitrogens with zero attached hydrogens (tertiary/aromatic N) is 1. The van der Waals surface area contributed by atoms with Crippen molar-refractivity contribution >= 4 is 23.7 Å². The van der Waals surface area contributed by atoms with Crippen LogP contribution in [0.25, 0.3) is 0 Å². The Kier molecular flexibility index (Phi) is 7.31. The monoisotopic (exact) mass is 417 g/mol. The van der Waals surface area contributed by atoms with Gasteiger partial charge >= 0.3 is 12.1 Å². The maximum Gasteiger partial charge on any atom is 0.407 e. The van der Waals surface area contributed by atoms with Gasteiger partial charge in [-0.2, -0.15) is 0 Å². The number of amides is 2. The third-order valence-electron chi connectivity index (χ3n) is 5.97. The molecule has 1 aromatic rings. The Labute approximate surface area is 177 Å². The molecule has 0 spiro atoms. The number of carbonyl (C=O) groups is 3. The topological polar surface area (TPSA) is 108 Å². The van der Waals surface area contributed by atoms with E-state index in [2.05, 4.69) is 28.4 Å². The fourth-order valence-corrected chi connectivity index (χ4v) is 4.55.